The highest BCUT2D eigenvalue weighted by Crippen LogP contribution is 2.18. The van der Waals surface area contributed by atoms with Gasteiger partial charge in [-0.05, 0) is 19.9 Å². The van der Waals surface area contributed by atoms with Crippen molar-refractivity contribution in [2.75, 3.05) is 55.0 Å². The summed E-state index contributed by atoms with van der Waals surface area (Å²) in [5.41, 5.74) is 0. The van der Waals surface area contributed by atoms with Gasteiger partial charge in [0.05, 0.1) is 5.75 Å². The molecule has 0 spiro atoms. The van der Waals surface area contributed by atoms with Gasteiger partial charge in [0.15, 0.2) is 0 Å². The maximum absolute atomic E-state index is 11.4. The average molecular weight is 315 g/mol. The minimum atomic E-state index is -3.24. The molecule has 0 bridgehead atoms. The van der Waals surface area contributed by atoms with Gasteiger partial charge in [0.25, 0.3) is 0 Å². The predicted octanol–water partition coefficient (Wildman–Crippen LogP) is -0.525. The molecule has 2 heterocycles. The smallest absolute Gasteiger partial charge is 0.231 e. The van der Waals surface area contributed by atoms with Crippen molar-refractivity contribution in [2.24, 2.45) is 0 Å². The van der Waals surface area contributed by atoms with Crippen LogP contribution < -0.4 is 20.3 Å². The molecule has 2 rings (SSSR count). The fourth-order valence-electron chi connectivity index (χ4n) is 2.01. The van der Waals surface area contributed by atoms with Crippen LogP contribution in [0.5, 0.6) is 0 Å². The number of sulfonamides is 1. The molecular weight excluding hydrogens is 294 g/mol. The second kappa shape index (κ2) is 6.85. The van der Waals surface area contributed by atoms with Crippen LogP contribution in [0.4, 0.5) is 17.8 Å². The van der Waals surface area contributed by atoms with Crippen LogP contribution in [-0.4, -0.2) is 62.9 Å². The summed E-state index contributed by atoms with van der Waals surface area (Å²) in [6.07, 6.45) is 2.26. The Bertz CT molecular complexity index is 572. The van der Waals surface area contributed by atoms with E-state index in [4.69, 9.17) is 0 Å². The minimum Gasteiger partial charge on any atom is -0.357 e. The van der Waals surface area contributed by atoms with Crippen LogP contribution in [-0.2, 0) is 10.0 Å². The summed E-state index contributed by atoms with van der Waals surface area (Å²) in [6.45, 7) is 2.09. The standard InChI is InChI=1S/C11H21N7O2S/c1-12-9-15-10(14-5-8-21(19,20)13-2)17-11(16-9)18-6-3-4-7-18/h13H,3-8H2,1-2H3,(H2,12,14,15,16,17). The van der Waals surface area contributed by atoms with Gasteiger partial charge in [0, 0.05) is 26.7 Å². The molecule has 0 unspecified atom stereocenters. The van der Waals surface area contributed by atoms with Crippen LogP contribution in [0.3, 0.4) is 0 Å². The molecule has 3 N–H and O–H groups in total. The molecule has 1 aromatic heterocycles. The van der Waals surface area contributed by atoms with Crippen molar-refractivity contribution in [1.82, 2.24) is 19.7 Å². The lowest BCUT2D eigenvalue weighted by Gasteiger charge is -2.16. The zero-order valence-corrected chi connectivity index (χ0v) is 13.1. The lowest BCUT2D eigenvalue weighted by atomic mass is 10.4. The fourth-order valence-corrected chi connectivity index (χ4v) is 2.59. The molecule has 1 aliphatic heterocycles. The van der Waals surface area contributed by atoms with Crippen molar-refractivity contribution >= 4 is 27.9 Å². The molecule has 0 amide bonds. The van der Waals surface area contributed by atoms with Gasteiger partial charge in [-0.25, -0.2) is 13.1 Å². The largest absolute Gasteiger partial charge is 0.357 e. The molecule has 21 heavy (non-hydrogen) atoms. The van der Waals surface area contributed by atoms with Gasteiger partial charge >= 0.3 is 0 Å². The van der Waals surface area contributed by atoms with E-state index >= 15 is 0 Å². The molecule has 0 radical (unpaired) electrons. The van der Waals surface area contributed by atoms with Gasteiger partial charge in [-0.3, -0.25) is 0 Å². The summed E-state index contributed by atoms with van der Waals surface area (Å²) in [5.74, 6) is 1.42. The number of nitrogens with zero attached hydrogens (tertiary/aromatic N) is 4. The Kier molecular flexibility index (Phi) is 5.12. The highest BCUT2D eigenvalue weighted by molar-refractivity contribution is 7.89. The Balaban J connectivity index is 2.06. The van der Waals surface area contributed by atoms with E-state index in [1.54, 1.807) is 7.05 Å². The normalized spacial score (nSPS) is 15.2. The van der Waals surface area contributed by atoms with E-state index in [-0.39, 0.29) is 12.3 Å². The highest BCUT2D eigenvalue weighted by Gasteiger charge is 2.17. The minimum absolute atomic E-state index is 0.0386. The first-order valence-corrected chi connectivity index (χ1v) is 8.53. The second-order valence-electron chi connectivity index (χ2n) is 4.68. The first-order chi connectivity index (χ1) is 10.0. The van der Waals surface area contributed by atoms with Gasteiger partial charge in [-0.15, -0.1) is 0 Å². The van der Waals surface area contributed by atoms with Crippen molar-refractivity contribution < 1.29 is 8.42 Å². The van der Waals surface area contributed by atoms with E-state index in [0.717, 1.165) is 25.9 Å². The molecule has 0 atom stereocenters. The van der Waals surface area contributed by atoms with E-state index < -0.39 is 10.0 Å². The van der Waals surface area contributed by atoms with E-state index in [2.05, 4.69) is 35.2 Å². The Labute approximate surface area is 124 Å². The third-order valence-corrected chi connectivity index (χ3v) is 4.56. The lowest BCUT2D eigenvalue weighted by molar-refractivity contribution is 0.588. The van der Waals surface area contributed by atoms with E-state index in [0.29, 0.717) is 17.8 Å². The number of hydrogen-bond donors (Lipinski definition) is 3. The van der Waals surface area contributed by atoms with Crippen molar-refractivity contribution in [3.05, 3.63) is 0 Å². The van der Waals surface area contributed by atoms with Gasteiger partial charge in [0.1, 0.15) is 0 Å². The monoisotopic (exact) mass is 315 g/mol. The number of rotatable bonds is 7. The van der Waals surface area contributed by atoms with E-state index in [1.807, 2.05) is 0 Å². The Morgan fingerprint density at radius 1 is 1.10 bits per heavy atom. The maximum atomic E-state index is 11.4. The zero-order valence-electron chi connectivity index (χ0n) is 12.3. The van der Waals surface area contributed by atoms with Gasteiger partial charge in [-0.2, -0.15) is 15.0 Å². The molecule has 1 aliphatic rings. The summed E-state index contributed by atoms with van der Waals surface area (Å²) in [5, 5.41) is 5.82. The molecule has 1 aromatic rings. The van der Waals surface area contributed by atoms with Crippen molar-refractivity contribution in [3.63, 3.8) is 0 Å². The van der Waals surface area contributed by atoms with E-state index in [9.17, 15) is 8.42 Å². The van der Waals surface area contributed by atoms with Crippen LogP contribution in [0, 0.1) is 0 Å². The first kappa shape index (κ1) is 15.7. The molecule has 0 saturated carbocycles. The number of anilines is 3. The van der Waals surface area contributed by atoms with Crippen LogP contribution in [0.25, 0.3) is 0 Å². The van der Waals surface area contributed by atoms with Gasteiger partial charge in [0.2, 0.25) is 27.9 Å². The Morgan fingerprint density at radius 2 is 1.76 bits per heavy atom. The topological polar surface area (TPSA) is 112 Å². The summed E-state index contributed by atoms with van der Waals surface area (Å²) >= 11 is 0. The molecule has 10 heteroatoms. The molecule has 9 nitrogen and oxygen atoms in total. The Hall–Kier alpha value is -1.68. The second-order valence-corrected chi connectivity index (χ2v) is 6.72. The number of aromatic nitrogens is 3. The molecular formula is C11H21N7O2S. The summed E-state index contributed by atoms with van der Waals surface area (Å²) in [6, 6.07) is 0. The molecule has 0 aliphatic carbocycles. The van der Waals surface area contributed by atoms with Gasteiger partial charge < -0.3 is 15.5 Å². The van der Waals surface area contributed by atoms with E-state index in [1.165, 1.54) is 7.05 Å². The highest BCUT2D eigenvalue weighted by atomic mass is 32.2. The number of hydrogen-bond acceptors (Lipinski definition) is 8. The van der Waals surface area contributed by atoms with Crippen LogP contribution in [0.15, 0.2) is 0 Å². The van der Waals surface area contributed by atoms with Crippen molar-refractivity contribution in [1.29, 1.82) is 0 Å². The quantitative estimate of drug-likeness (QED) is 0.616. The summed E-state index contributed by atoms with van der Waals surface area (Å²) in [7, 11) is -0.115. The molecule has 1 fully saturated rings. The summed E-state index contributed by atoms with van der Waals surface area (Å²) < 4.78 is 25.0. The average Bonchev–Trinajstić information content (AvgIpc) is 3.01. The lowest BCUT2D eigenvalue weighted by Crippen LogP contribution is -2.27. The van der Waals surface area contributed by atoms with Gasteiger partial charge in [-0.1, -0.05) is 0 Å². The van der Waals surface area contributed by atoms with Crippen molar-refractivity contribution in [3.8, 4) is 0 Å². The maximum Gasteiger partial charge on any atom is 0.231 e. The summed E-state index contributed by atoms with van der Waals surface area (Å²) in [4.78, 5) is 15.0. The first-order valence-electron chi connectivity index (χ1n) is 6.88. The SMILES string of the molecule is CNc1nc(NCCS(=O)(=O)NC)nc(N2CCCC2)n1. The van der Waals surface area contributed by atoms with Crippen molar-refractivity contribution in [2.45, 2.75) is 12.8 Å². The fraction of sp³-hybridized carbons (Fsp3) is 0.727. The number of nitrogens with one attached hydrogen (secondary N) is 3. The zero-order chi connectivity index (χ0) is 15.3. The third-order valence-electron chi connectivity index (χ3n) is 3.20. The Morgan fingerprint density at radius 3 is 2.38 bits per heavy atom. The van der Waals surface area contributed by atoms with Crippen LogP contribution in [0.1, 0.15) is 12.8 Å². The molecule has 118 valence electrons. The molecule has 1 saturated heterocycles. The molecule has 0 aromatic carbocycles. The van der Waals surface area contributed by atoms with Crippen LogP contribution >= 0.6 is 0 Å². The van der Waals surface area contributed by atoms with Crippen LogP contribution in [0.2, 0.25) is 0 Å². The third kappa shape index (κ3) is 4.39. The predicted molar refractivity (Wildman–Crippen MR) is 82.2 cm³/mol.